The lowest BCUT2D eigenvalue weighted by Gasteiger charge is -2.27. The van der Waals surface area contributed by atoms with Gasteiger partial charge in [0.05, 0.1) is 22.1 Å². The quantitative estimate of drug-likeness (QED) is 0.161. The first-order valence-corrected chi connectivity index (χ1v) is 20.8. The van der Waals surface area contributed by atoms with Gasteiger partial charge in [-0.3, -0.25) is 0 Å². The summed E-state index contributed by atoms with van der Waals surface area (Å²) < 4.78 is 9.12. The third-order valence-corrected chi connectivity index (χ3v) is 12.2. The van der Waals surface area contributed by atoms with Crippen LogP contribution in [0.1, 0.15) is 0 Å². The molecule has 10 aromatic carbocycles. The van der Waals surface area contributed by atoms with Gasteiger partial charge in [0.2, 0.25) is 0 Å². The molecular formula is C58H38N2O. The van der Waals surface area contributed by atoms with E-state index in [1.807, 2.05) is 6.07 Å². The summed E-state index contributed by atoms with van der Waals surface area (Å²) in [4.78, 5) is 2.38. The smallest absolute Gasteiger partial charge is 0.145 e. The van der Waals surface area contributed by atoms with Crippen molar-refractivity contribution in [2.45, 2.75) is 0 Å². The van der Waals surface area contributed by atoms with Crippen LogP contribution in [0.4, 0.5) is 17.1 Å². The van der Waals surface area contributed by atoms with Gasteiger partial charge in [0.15, 0.2) is 0 Å². The summed E-state index contributed by atoms with van der Waals surface area (Å²) in [5, 5.41) is 7.18. The monoisotopic (exact) mass is 778 g/mol. The van der Waals surface area contributed by atoms with Gasteiger partial charge in [-0.15, -0.1) is 0 Å². The van der Waals surface area contributed by atoms with Gasteiger partial charge in [-0.1, -0.05) is 164 Å². The van der Waals surface area contributed by atoms with E-state index in [9.17, 15) is 0 Å². The zero-order valence-electron chi connectivity index (χ0n) is 33.2. The summed E-state index contributed by atoms with van der Waals surface area (Å²) in [6.07, 6.45) is 0. The Balaban J connectivity index is 0.982. The van der Waals surface area contributed by atoms with E-state index in [-0.39, 0.29) is 0 Å². The highest BCUT2D eigenvalue weighted by atomic mass is 16.3. The lowest BCUT2D eigenvalue weighted by molar-refractivity contribution is 0.670. The van der Waals surface area contributed by atoms with Gasteiger partial charge in [-0.25, -0.2) is 0 Å². The molecular weight excluding hydrogens is 741 g/mol. The van der Waals surface area contributed by atoms with E-state index in [1.54, 1.807) is 0 Å². The maximum Gasteiger partial charge on any atom is 0.145 e. The predicted octanol–water partition coefficient (Wildman–Crippen LogP) is 16.3. The van der Waals surface area contributed by atoms with Crippen LogP contribution in [-0.2, 0) is 0 Å². The standard InChI is InChI=1S/C58H38N2O/c1-2-13-42(14-3-1)49-37-38-55(57-52-20-8-11-24-56(52)61-58(49)57)59(45-35-29-43(30-36-45)48-21-12-16-41-15-4-5-17-47(41)48)44-31-25-39(26-32-44)40-27-33-46(34-28-40)60-53-22-9-6-18-50(53)51-19-7-10-23-54(51)60/h1-38H. The van der Waals surface area contributed by atoms with Gasteiger partial charge >= 0.3 is 0 Å². The van der Waals surface area contributed by atoms with Gasteiger partial charge < -0.3 is 13.9 Å². The summed E-state index contributed by atoms with van der Waals surface area (Å²) in [7, 11) is 0. The van der Waals surface area contributed by atoms with Crippen LogP contribution in [0.5, 0.6) is 0 Å². The van der Waals surface area contributed by atoms with Crippen molar-refractivity contribution in [2.24, 2.45) is 0 Å². The molecule has 0 unspecified atom stereocenters. The number of hydrogen-bond donors (Lipinski definition) is 0. The molecule has 286 valence electrons. The highest BCUT2D eigenvalue weighted by Crippen LogP contribution is 2.47. The molecule has 3 heteroatoms. The Morgan fingerprint density at radius 3 is 1.56 bits per heavy atom. The van der Waals surface area contributed by atoms with Crippen molar-refractivity contribution in [1.29, 1.82) is 0 Å². The Morgan fingerprint density at radius 1 is 0.344 bits per heavy atom. The normalized spacial score (nSPS) is 11.6. The molecule has 0 aliphatic rings. The molecule has 2 heterocycles. The molecule has 12 aromatic rings. The molecule has 2 aromatic heterocycles. The summed E-state index contributed by atoms with van der Waals surface area (Å²) in [6.45, 7) is 0. The minimum atomic E-state index is 0.869. The van der Waals surface area contributed by atoms with Crippen molar-refractivity contribution in [1.82, 2.24) is 4.57 Å². The maximum absolute atomic E-state index is 6.75. The van der Waals surface area contributed by atoms with E-state index in [1.165, 1.54) is 43.7 Å². The number of benzene rings is 10. The minimum absolute atomic E-state index is 0.869. The SMILES string of the molecule is c1ccc(-c2ccc(N(c3ccc(-c4ccc(-n5c6ccccc6c6ccccc65)cc4)cc3)c3ccc(-c4cccc5ccccc45)cc3)c3c2oc2ccccc23)cc1. The van der Waals surface area contributed by atoms with Crippen LogP contribution in [0.25, 0.3) is 93.6 Å². The van der Waals surface area contributed by atoms with Gasteiger partial charge in [-0.2, -0.15) is 0 Å². The molecule has 0 atom stereocenters. The maximum atomic E-state index is 6.75. The van der Waals surface area contributed by atoms with Crippen LogP contribution in [0.3, 0.4) is 0 Å². The molecule has 0 radical (unpaired) electrons. The molecule has 0 bridgehead atoms. The summed E-state index contributed by atoms with van der Waals surface area (Å²) >= 11 is 0. The molecule has 0 saturated carbocycles. The molecule has 0 N–H and O–H groups in total. The molecule has 0 fully saturated rings. The zero-order valence-corrected chi connectivity index (χ0v) is 33.2. The van der Waals surface area contributed by atoms with Crippen LogP contribution in [0.2, 0.25) is 0 Å². The van der Waals surface area contributed by atoms with E-state index in [0.717, 1.165) is 66.9 Å². The molecule has 12 rings (SSSR count). The van der Waals surface area contributed by atoms with E-state index in [0.29, 0.717) is 0 Å². The van der Waals surface area contributed by atoms with E-state index in [2.05, 4.69) is 234 Å². The van der Waals surface area contributed by atoms with Crippen molar-refractivity contribution in [3.8, 4) is 39.1 Å². The third-order valence-electron chi connectivity index (χ3n) is 12.2. The van der Waals surface area contributed by atoms with Crippen LogP contribution in [0, 0.1) is 0 Å². The first-order chi connectivity index (χ1) is 30.3. The molecule has 0 saturated heterocycles. The summed E-state index contributed by atoms with van der Waals surface area (Å²) in [5.41, 5.74) is 15.4. The second-order valence-corrected chi connectivity index (χ2v) is 15.7. The molecule has 0 amide bonds. The Hall–Kier alpha value is -8.14. The molecule has 61 heavy (non-hydrogen) atoms. The molecule has 0 aliphatic carbocycles. The molecule has 3 nitrogen and oxygen atoms in total. The largest absolute Gasteiger partial charge is 0.455 e. The number of furan rings is 1. The van der Waals surface area contributed by atoms with Crippen LogP contribution >= 0.6 is 0 Å². The molecule has 0 spiro atoms. The Labute approximate surface area is 353 Å². The van der Waals surface area contributed by atoms with Crippen molar-refractivity contribution >= 4 is 71.6 Å². The number of hydrogen-bond acceptors (Lipinski definition) is 2. The highest BCUT2D eigenvalue weighted by Gasteiger charge is 2.22. The predicted molar refractivity (Wildman–Crippen MR) is 257 cm³/mol. The first kappa shape index (κ1) is 34.9. The lowest BCUT2D eigenvalue weighted by Crippen LogP contribution is -2.10. The van der Waals surface area contributed by atoms with Gasteiger partial charge in [0.1, 0.15) is 11.2 Å². The lowest BCUT2D eigenvalue weighted by atomic mass is 9.97. The fourth-order valence-corrected chi connectivity index (χ4v) is 9.34. The topological polar surface area (TPSA) is 21.3 Å². The number of para-hydroxylation sites is 3. The van der Waals surface area contributed by atoms with Crippen molar-refractivity contribution in [3.05, 3.63) is 231 Å². The number of rotatable bonds is 7. The fraction of sp³-hybridized carbons (Fsp3) is 0. The van der Waals surface area contributed by atoms with Crippen LogP contribution in [0.15, 0.2) is 235 Å². The number of aromatic nitrogens is 1. The summed E-state index contributed by atoms with van der Waals surface area (Å²) in [5.74, 6) is 0. The highest BCUT2D eigenvalue weighted by molar-refractivity contribution is 6.17. The van der Waals surface area contributed by atoms with Gasteiger partial charge in [-0.05, 0) is 105 Å². The zero-order chi connectivity index (χ0) is 40.3. The van der Waals surface area contributed by atoms with E-state index < -0.39 is 0 Å². The molecule has 0 aliphatic heterocycles. The van der Waals surface area contributed by atoms with Gasteiger partial charge in [0, 0.05) is 38.8 Å². The number of nitrogens with zero attached hydrogens (tertiary/aromatic N) is 2. The Morgan fingerprint density at radius 2 is 0.869 bits per heavy atom. The van der Waals surface area contributed by atoms with Crippen molar-refractivity contribution in [3.63, 3.8) is 0 Å². The summed E-state index contributed by atoms with van der Waals surface area (Å²) in [6, 6.07) is 82.8. The number of fused-ring (bicyclic) bond motifs is 7. The van der Waals surface area contributed by atoms with Crippen LogP contribution in [-0.4, -0.2) is 4.57 Å². The second-order valence-electron chi connectivity index (χ2n) is 15.7. The second kappa shape index (κ2) is 14.3. The van der Waals surface area contributed by atoms with Gasteiger partial charge in [0.25, 0.3) is 0 Å². The fourth-order valence-electron chi connectivity index (χ4n) is 9.34. The Bertz CT molecular complexity index is 3500. The third kappa shape index (κ3) is 5.82. The van der Waals surface area contributed by atoms with E-state index >= 15 is 0 Å². The Kier molecular flexibility index (Phi) is 8.17. The van der Waals surface area contributed by atoms with Crippen molar-refractivity contribution in [2.75, 3.05) is 4.90 Å². The van der Waals surface area contributed by atoms with Crippen LogP contribution < -0.4 is 4.90 Å². The number of anilines is 3. The minimum Gasteiger partial charge on any atom is -0.455 e. The van der Waals surface area contributed by atoms with E-state index in [4.69, 9.17) is 4.42 Å². The first-order valence-electron chi connectivity index (χ1n) is 20.8. The van der Waals surface area contributed by atoms with Crippen molar-refractivity contribution < 1.29 is 4.42 Å². The average molecular weight is 779 g/mol. The average Bonchev–Trinajstić information content (AvgIpc) is 3.89.